The Morgan fingerprint density at radius 1 is 0.765 bits per heavy atom. The van der Waals surface area contributed by atoms with Gasteiger partial charge in [-0.2, -0.15) is 0 Å². The van der Waals surface area contributed by atoms with E-state index in [9.17, 15) is 0 Å². The first-order valence-corrected chi connectivity index (χ1v) is 8.07. The normalized spacial score (nSPS) is 11.5. The molecule has 0 aliphatic heterocycles. The van der Waals surface area contributed by atoms with Crippen molar-refractivity contribution in [3.63, 3.8) is 0 Å². The number of hydrogen-bond acceptors (Lipinski definition) is 0. The lowest BCUT2D eigenvalue weighted by Gasteiger charge is -2.14. The van der Waals surface area contributed by atoms with E-state index in [0.29, 0.717) is 0 Å². The number of halogens is 4. The van der Waals surface area contributed by atoms with Crippen molar-refractivity contribution >= 4 is 63.7 Å². The van der Waals surface area contributed by atoms with Crippen molar-refractivity contribution in [3.8, 4) is 11.1 Å². The van der Waals surface area contributed by atoms with Gasteiger partial charge in [0.25, 0.3) is 0 Å². The molecule has 0 bridgehead atoms. The Morgan fingerprint density at radius 3 is 1.94 bits per heavy atom. The predicted molar refractivity (Wildman–Crippen MR) is 88.0 cm³/mol. The molecule has 2 aromatic carbocycles. The van der Waals surface area contributed by atoms with E-state index >= 15 is 0 Å². The topological polar surface area (TPSA) is 0 Å². The molecule has 0 saturated carbocycles. The molecule has 0 heterocycles. The Morgan fingerprint density at radius 2 is 1.35 bits per heavy atom. The van der Waals surface area contributed by atoms with Crippen LogP contribution in [-0.4, -0.2) is 0 Å². The Labute approximate surface area is 134 Å². The predicted octanol–water partition coefficient (Wildman–Crippen LogP) is 6.41. The van der Waals surface area contributed by atoms with E-state index in [2.05, 4.69) is 94.1 Å². The zero-order chi connectivity index (χ0) is 12.5. The minimum Gasteiger partial charge on any atom is -0.0613 e. The van der Waals surface area contributed by atoms with Crippen molar-refractivity contribution in [1.82, 2.24) is 0 Å². The molecule has 0 nitrogen and oxygen atoms in total. The van der Waals surface area contributed by atoms with E-state index in [4.69, 9.17) is 0 Å². The van der Waals surface area contributed by atoms with Crippen molar-refractivity contribution in [2.45, 2.75) is 2.14 Å². The van der Waals surface area contributed by atoms with Crippen molar-refractivity contribution < 1.29 is 0 Å². The first-order chi connectivity index (χ1) is 7.97. The van der Waals surface area contributed by atoms with Gasteiger partial charge in [0.15, 0.2) is 2.14 Å². The molecule has 0 aliphatic rings. The Hall–Kier alpha value is 0.360. The maximum atomic E-state index is 3.53. The van der Waals surface area contributed by atoms with Gasteiger partial charge in [0, 0.05) is 4.47 Å². The van der Waals surface area contributed by atoms with Gasteiger partial charge in [-0.3, -0.25) is 0 Å². The van der Waals surface area contributed by atoms with Crippen LogP contribution in [-0.2, 0) is 2.14 Å². The van der Waals surface area contributed by atoms with Gasteiger partial charge in [-0.15, -0.1) is 0 Å². The second-order valence-corrected chi connectivity index (χ2v) is 11.3. The highest BCUT2D eigenvalue weighted by Gasteiger charge is 2.20. The van der Waals surface area contributed by atoms with Crippen LogP contribution in [0.5, 0.6) is 0 Å². The average molecular weight is 484 g/mol. The van der Waals surface area contributed by atoms with E-state index in [-0.39, 0.29) is 2.14 Å². The van der Waals surface area contributed by atoms with E-state index in [1.807, 2.05) is 18.2 Å². The molecular weight excluding hydrogens is 476 g/mol. The summed E-state index contributed by atoms with van der Waals surface area (Å²) in [6.07, 6.45) is 0. The number of alkyl halides is 3. The minimum absolute atomic E-state index is 0.366. The largest absolute Gasteiger partial charge is 0.159 e. The Balaban J connectivity index is 2.47. The van der Waals surface area contributed by atoms with E-state index in [1.54, 1.807) is 0 Å². The monoisotopic (exact) mass is 480 g/mol. The third-order valence-electron chi connectivity index (χ3n) is 2.35. The van der Waals surface area contributed by atoms with Gasteiger partial charge < -0.3 is 0 Å². The summed E-state index contributed by atoms with van der Waals surface area (Å²) in [5, 5.41) is 0. The fourth-order valence-electron chi connectivity index (χ4n) is 1.54. The van der Waals surface area contributed by atoms with Crippen LogP contribution in [0, 0.1) is 0 Å². The Kier molecular flexibility index (Phi) is 4.50. The molecule has 0 unspecified atom stereocenters. The maximum Gasteiger partial charge on any atom is 0.159 e. The van der Waals surface area contributed by atoms with Gasteiger partial charge in [-0.1, -0.05) is 94.1 Å². The molecule has 88 valence electrons. The molecule has 0 spiro atoms. The molecule has 0 radical (unpaired) electrons. The van der Waals surface area contributed by atoms with Crippen LogP contribution < -0.4 is 0 Å². The SMILES string of the molecule is Brc1cccc(-c2cccc(C(Br)(Br)Br)c2)c1. The molecule has 0 N–H and O–H groups in total. The van der Waals surface area contributed by atoms with Gasteiger partial charge in [0.2, 0.25) is 0 Å². The molecule has 4 heteroatoms. The fourth-order valence-corrected chi connectivity index (χ4v) is 2.68. The summed E-state index contributed by atoms with van der Waals surface area (Å²) in [5.41, 5.74) is 3.50. The van der Waals surface area contributed by atoms with Crippen LogP contribution in [0.2, 0.25) is 0 Å². The third kappa shape index (κ3) is 3.66. The average Bonchev–Trinajstić information content (AvgIpc) is 2.28. The number of rotatable bonds is 1. The van der Waals surface area contributed by atoms with Crippen molar-refractivity contribution in [2.75, 3.05) is 0 Å². The lowest BCUT2D eigenvalue weighted by Crippen LogP contribution is -1.97. The molecule has 0 saturated heterocycles. The third-order valence-corrected chi connectivity index (χ3v) is 4.21. The smallest absolute Gasteiger partial charge is 0.0613 e. The van der Waals surface area contributed by atoms with Crippen LogP contribution in [0.4, 0.5) is 0 Å². The number of hydrogen-bond donors (Lipinski definition) is 0. The second-order valence-electron chi connectivity index (χ2n) is 3.59. The molecular formula is C13H8Br4. The quantitative estimate of drug-likeness (QED) is 0.411. The molecule has 0 aromatic heterocycles. The molecule has 2 rings (SSSR count). The van der Waals surface area contributed by atoms with Gasteiger partial charge in [-0.25, -0.2) is 0 Å². The highest BCUT2D eigenvalue weighted by atomic mass is 80.0. The van der Waals surface area contributed by atoms with E-state index < -0.39 is 0 Å². The summed E-state index contributed by atoms with van der Waals surface area (Å²) in [6.45, 7) is 0. The number of benzene rings is 2. The summed E-state index contributed by atoms with van der Waals surface area (Å²) < 4.78 is 0.720. The van der Waals surface area contributed by atoms with Gasteiger partial charge >= 0.3 is 0 Å². The van der Waals surface area contributed by atoms with Crippen molar-refractivity contribution in [2.24, 2.45) is 0 Å². The summed E-state index contributed by atoms with van der Waals surface area (Å²) in [7, 11) is 0. The highest BCUT2D eigenvalue weighted by Crippen LogP contribution is 2.45. The first kappa shape index (κ1) is 13.8. The molecule has 17 heavy (non-hydrogen) atoms. The summed E-state index contributed by atoms with van der Waals surface area (Å²) in [4.78, 5) is 0. The van der Waals surface area contributed by atoms with Crippen LogP contribution in [0.1, 0.15) is 5.56 Å². The fraction of sp³-hybridized carbons (Fsp3) is 0.0769. The van der Waals surface area contributed by atoms with Crippen LogP contribution in [0.3, 0.4) is 0 Å². The second kappa shape index (κ2) is 5.55. The van der Waals surface area contributed by atoms with Crippen molar-refractivity contribution in [1.29, 1.82) is 0 Å². The zero-order valence-corrected chi connectivity index (χ0v) is 15.0. The summed E-state index contributed by atoms with van der Waals surface area (Å²) >= 11 is 14.1. The lowest BCUT2D eigenvalue weighted by atomic mass is 10.0. The zero-order valence-electron chi connectivity index (χ0n) is 8.63. The van der Waals surface area contributed by atoms with E-state index in [1.165, 1.54) is 11.1 Å². The summed E-state index contributed by atoms with van der Waals surface area (Å²) in [6, 6.07) is 16.6. The van der Waals surface area contributed by atoms with Gasteiger partial charge in [0.05, 0.1) is 0 Å². The van der Waals surface area contributed by atoms with E-state index in [0.717, 1.165) is 10.0 Å². The molecule has 0 atom stereocenters. The van der Waals surface area contributed by atoms with Crippen LogP contribution in [0.25, 0.3) is 11.1 Å². The minimum atomic E-state index is -0.366. The molecule has 0 fully saturated rings. The molecule has 2 aromatic rings. The van der Waals surface area contributed by atoms with Crippen molar-refractivity contribution in [3.05, 3.63) is 58.6 Å². The summed E-state index contributed by atoms with van der Waals surface area (Å²) in [5.74, 6) is 0. The molecule has 0 aliphatic carbocycles. The van der Waals surface area contributed by atoms with Crippen LogP contribution >= 0.6 is 63.7 Å². The highest BCUT2D eigenvalue weighted by molar-refractivity contribution is 9.38. The lowest BCUT2D eigenvalue weighted by molar-refractivity contribution is 1.37. The maximum absolute atomic E-state index is 3.53. The standard InChI is InChI=1S/C13H8Br4/c14-12-6-2-4-10(8-12)9-3-1-5-11(7-9)13(15,16)17/h1-8H. The first-order valence-electron chi connectivity index (χ1n) is 4.90. The van der Waals surface area contributed by atoms with Gasteiger partial charge in [0.1, 0.15) is 0 Å². The van der Waals surface area contributed by atoms with Gasteiger partial charge in [-0.05, 0) is 34.9 Å². The Bertz CT molecular complexity index is 529. The van der Waals surface area contributed by atoms with Crippen LogP contribution in [0.15, 0.2) is 53.0 Å². The molecule has 0 amide bonds.